The molecule has 174 valence electrons. The molecule has 1 aliphatic carbocycles. The van der Waals surface area contributed by atoms with E-state index in [1.165, 1.54) is 55.6 Å². The van der Waals surface area contributed by atoms with E-state index in [2.05, 4.69) is 33.3 Å². The van der Waals surface area contributed by atoms with Crippen LogP contribution in [-0.2, 0) is 0 Å². The Morgan fingerprint density at radius 3 is 2.73 bits per heavy atom. The summed E-state index contributed by atoms with van der Waals surface area (Å²) in [5.74, 6) is 1.17. The Balaban J connectivity index is 1.19. The fourth-order valence-electron chi connectivity index (χ4n) is 7.41. The lowest BCUT2D eigenvalue weighted by Crippen LogP contribution is -2.61. The molecule has 2 atom stereocenters. The summed E-state index contributed by atoms with van der Waals surface area (Å²) < 4.78 is 13.2. The SMILES string of the molecule is O=C(CCCN1CC[C@@]2(C3CCCC3)[C@@H](C1)c1cccc3c1N2CCN3)c1ccc(F)cc1. The Hall–Kier alpha value is -2.40. The maximum Gasteiger partial charge on any atom is 0.162 e. The van der Waals surface area contributed by atoms with E-state index in [-0.39, 0.29) is 17.1 Å². The highest BCUT2D eigenvalue weighted by atomic mass is 19.1. The van der Waals surface area contributed by atoms with Gasteiger partial charge in [-0.05, 0) is 74.0 Å². The molecule has 2 aromatic rings. The van der Waals surface area contributed by atoms with Gasteiger partial charge in [-0.2, -0.15) is 0 Å². The molecule has 1 N–H and O–H groups in total. The second-order valence-corrected chi connectivity index (χ2v) is 10.4. The van der Waals surface area contributed by atoms with Gasteiger partial charge in [-0.1, -0.05) is 25.0 Å². The topological polar surface area (TPSA) is 35.6 Å². The highest BCUT2D eigenvalue weighted by Crippen LogP contribution is 2.60. The van der Waals surface area contributed by atoms with Gasteiger partial charge >= 0.3 is 0 Å². The zero-order valence-corrected chi connectivity index (χ0v) is 19.4. The van der Waals surface area contributed by atoms with Crippen LogP contribution in [0.1, 0.15) is 66.8 Å². The van der Waals surface area contributed by atoms with Crippen LogP contribution >= 0.6 is 0 Å². The fraction of sp³-hybridized carbons (Fsp3) is 0.536. The van der Waals surface area contributed by atoms with Crippen molar-refractivity contribution in [1.82, 2.24) is 4.90 Å². The predicted octanol–water partition coefficient (Wildman–Crippen LogP) is 5.45. The van der Waals surface area contributed by atoms with E-state index in [9.17, 15) is 9.18 Å². The average Bonchev–Trinajstić information content (AvgIpc) is 3.47. The second kappa shape index (κ2) is 8.43. The Morgan fingerprint density at radius 2 is 1.91 bits per heavy atom. The van der Waals surface area contributed by atoms with Gasteiger partial charge in [-0.25, -0.2) is 4.39 Å². The van der Waals surface area contributed by atoms with Crippen LogP contribution in [0.2, 0.25) is 0 Å². The van der Waals surface area contributed by atoms with Crippen molar-refractivity contribution in [3.8, 4) is 0 Å². The van der Waals surface area contributed by atoms with Gasteiger partial charge in [0.1, 0.15) is 5.82 Å². The number of carbonyl (C=O) groups excluding carboxylic acids is 1. The molecule has 0 amide bonds. The van der Waals surface area contributed by atoms with Crippen LogP contribution < -0.4 is 10.2 Å². The maximum atomic E-state index is 13.2. The summed E-state index contributed by atoms with van der Waals surface area (Å²) in [6, 6.07) is 12.8. The van der Waals surface area contributed by atoms with Crippen LogP contribution in [-0.4, -0.2) is 48.9 Å². The maximum absolute atomic E-state index is 13.2. The predicted molar refractivity (Wildman–Crippen MR) is 131 cm³/mol. The average molecular weight is 448 g/mol. The zero-order valence-electron chi connectivity index (χ0n) is 19.4. The van der Waals surface area contributed by atoms with Crippen molar-refractivity contribution >= 4 is 17.2 Å². The van der Waals surface area contributed by atoms with E-state index in [0.717, 1.165) is 45.1 Å². The fourth-order valence-corrected chi connectivity index (χ4v) is 7.41. The van der Waals surface area contributed by atoms with Crippen molar-refractivity contribution in [2.24, 2.45) is 5.92 Å². The number of halogens is 1. The molecule has 0 spiro atoms. The molecule has 33 heavy (non-hydrogen) atoms. The molecule has 6 rings (SSSR count). The van der Waals surface area contributed by atoms with E-state index < -0.39 is 0 Å². The summed E-state index contributed by atoms with van der Waals surface area (Å²) in [5.41, 5.74) is 5.24. The minimum atomic E-state index is -0.293. The molecule has 3 heterocycles. The Bertz CT molecular complexity index is 1030. The lowest BCUT2D eigenvalue weighted by molar-refractivity contribution is 0.0895. The first-order chi connectivity index (χ1) is 16.2. The molecule has 2 aromatic carbocycles. The second-order valence-electron chi connectivity index (χ2n) is 10.4. The summed E-state index contributed by atoms with van der Waals surface area (Å²) in [6.07, 6.45) is 8.11. The summed E-state index contributed by atoms with van der Waals surface area (Å²) >= 11 is 0. The summed E-state index contributed by atoms with van der Waals surface area (Å²) in [6.45, 7) is 5.31. The van der Waals surface area contributed by atoms with Gasteiger partial charge in [-0.3, -0.25) is 4.79 Å². The number of ketones is 1. The van der Waals surface area contributed by atoms with Gasteiger partial charge in [0.25, 0.3) is 0 Å². The third-order valence-corrected chi connectivity index (χ3v) is 8.85. The highest BCUT2D eigenvalue weighted by Gasteiger charge is 2.58. The van der Waals surface area contributed by atoms with Gasteiger partial charge in [0.05, 0.1) is 16.9 Å². The number of Topliss-reactive ketones (excluding diaryl/α,β-unsaturated/α-hetero) is 1. The summed E-state index contributed by atoms with van der Waals surface area (Å²) in [4.78, 5) is 18.0. The van der Waals surface area contributed by atoms with E-state index in [1.54, 1.807) is 17.7 Å². The van der Waals surface area contributed by atoms with Crippen molar-refractivity contribution in [1.29, 1.82) is 0 Å². The van der Waals surface area contributed by atoms with Gasteiger partial charge in [0, 0.05) is 44.1 Å². The van der Waals surface area contributed by atoms with Crippen molar-refractivity contribution in [2.45, 2.75) is 56.4 Å². The number of hydrogen-bond donors (Lipinski definition) is 1. The standard InChI is InChI=1S/C28H34FN3O/c29-22-12-10-20(11-13-22)26(33)9-4-16-31-17-14-28(21-5-1-2-6-21)24(19-31)23-7-3-8-25-27(23)32(28)18-15-30-25/h3,7-8,10-13,21,24,30H,1-2,4-6,9,14-19H2/t24-,28+/m0/s1. The number of likely N-dealkylation sites (tertiary alicyclic amines) is 1. The number of piperidine rings is 1. The number of fused-ring (bicyclic) bond motifs is 3. The molecule has 3 aliphatic heterocycles. The summed E-state index contributed by atoms with van der Waals surface area (Å²) in [5, 5.41) is 3.65. The number of hydrogen-bond acceptors (Lipinski definition) is 4. The van der Waals surface area contributed by atoms with Crippen LogP contribution in [0.5, 0.6) is 0 Å². The first kappa shape index (κ1) is 21.2. The molecule has 1 saturated heterocycles. The van der Waals surface area contributed by atoms with Crippen molar-refractivity contribution in [2.75, 3.05) is 42.9 Å². The largest absolute Gasteiger partial charge is 0.382 e. The van der Waals surface area contributed by atoms with Crippen LogP contribution in [0.3, 0.4) is 0 Å². The zero-order chi connectivity index (χ0) is 22.4. The number of carbonyl (C=O) groups is 1. The molecule has 0 radical (unpaired) electrons. The number of benzene rings is 2. The molecule has 4 nitrogen and oxygen atoms in total. The molecular formula is C28H34FN3O. The van der Waals surface area contributed by atoms with Crippen LogP contribution in [0.25, 0.3) is 0 Å². The third kappa shape index (κ3) is 3.47. The normalized spacial score (nSPS) is 26.7. The molecule has 4 aliphatic rings. The van der Waals surface area contributed by atoms with E-state index >= 15 is 0 Å². The molecule has 0 bridgehead atoms. The van der Waals surface area contributed by atoms with Gasteiger partial charge < -0.3 is 15.1 Å². The van der Waals surface area contributed by atoms with Crippen molar-refractivity contribution in [3.63, 3.8) is 0 Å². The number of rotatable bonds is 6. The number of anilines is 2. The number of nitrogens with one attached hydrogen (secondary N) is 1. The Labute approximate surface area is 196 Å². The number of nitrogens with zero attached hydrogens (tertiary/aromatic N) is 2. The first-order valence-electron chi connectivity index (χ1n) is 12.8. The van der Waals surface area contributed by atoms with E-state index in [1.807, 2.05) is 0 Å². The van der Waals surface area contributed by atoms with Gasteiger partial charge in [0.2, 0.25) is 0 Å². The van der Waals surface area contributed by atoms with E-state index in [4.69, 9.17) is 0 Å². The lowest BCUT2D eigenvalue weighted by Gasteiger charge is -2.54. The molecule has 0 unspecified atom stereocenters. The molecular weight excluding hydrogens is 413 g/mol. The monoisotopic (exact) mass is 447 g/mol. The minimum Gasteiger partial charge on any atom is -0.382 e. The van der Waals surface area contributed by atoms with Crippen molar-refractivity contribution in [3.05, 3.63) is 59.4 Å². The lowest BCUT2D eigenvalue weighted by atomic mass is 9.67. The molecule has 0 aromatic heterocycles. The summed E-state index contributed by atoms with van der Waals surface area (Å²) in [7, 11) is 0. The van der Waals surface area contributed by atoms with Crippen molar-refractivity contribution < 1.29 is 9.18 Å². The number of para-hydroxylation sites is 1. The third-order valence-electron chi connectivity index (χ3n) is 8.85. The van der Waals surface area contributed by atoms with Crippen LogP contribution in [0.15, 0.2) is 42.5 Å². The Kier molecular flexibility index (Phi) is 5.40. The smallest absolute Gasteiger partial charge is 0.162 e. The quantitative estimate of drug-likeness (QED) is 0.597. The molecule has 1 saturated carbocycles. The first-order valence-corrected chi connectivity index (χ1v) is 12.8. The molecule has 2 fully saturated rings. The minimum absolute atomic E-state index is 0.117. The highest BCUT2D eigenvalue weighted by molar-refractivity contribution is 5.96. The van der Waals surface area contributed by atoms with Gasteiger partial charge in [-0.15, -0.1) is 0 Å². The van der Waals surface area contributed by atoms with E-state index in [0.29, 0.717) is 17.9 Å². The van der Waals surface area contributed by atoms with Crippen LogP contribution in [0.4, 0.5) is 15.8 Å². The van der Waals surface area contributed by atoms with Gasteiger partial charge in [0.15, 0.2) is 5.78 Å². The van der Waals surface area contributed by atoms with Crippen LogP contribution in [0, 0.1) is 11.7 Å². The Morgan fingerprint density at radius 1 is 1.09 bits per heavy atom. The molecule has 5 heteroatoms.